The van der Waals surface area contributed by atoms with Gasteiger partial charge in [0.2, 0.25) is 10.0 Å². The fourth-order valence-corrected chi connectivity index (χ4v) is 4.90. The van der Waals surface area contributed by atoms with Crippen LogP contribution in [0.15, 0.2) is 41.3 Å². The van der Waals surface area contributed by atoms with Crippen LogP contribution in [-0.2, 0) is 10.0 Å². The molecule has 1 fully saturated rings. The van der Waals surface area contributed by atoms with E-state index in [1.807, 2.05) is 0 Å². The van der Waals surface area contributed by atoms with Crippen molar-refractivity contribution < 1.29 is 13.2 Å². The van der Waals surface area contributed by atoms with Gasteiger partial charge in [-0.05, 0) is 49.2 Å². The molecule has 9 heteroatoms. The van der Waals surface area contributed by atoms with Crippen molar-refractivity contribution in [3.05, 3.63) is 57.0 Å². The van der Waals surface area contributed by atoms with E-state index in [1.165, 1.54) is 28.6 Å². The number of sulfonamides is 1. The largest absolute Gasteiger partial charge is 0.321 e. The number of benzene rings is 2. The highest BCUT2D eigenvalue weighted by Crippen LogP contribution is 2.28. The minimum atomic E-state index is -3.65. The lowest BCUT2D eigenvalue weighted by atomic mass is 10.2. The van der Waals surface area contributed by atoms with Crippen molar-refractivity contribution in [2.45, 2.75) is 17.7 Å². The average molecular weight is 434 g/mol. The van der Waals surface area contributed by atoms with E-state index < -0.39 is 15.9 Å². The standard InChI is InChI=1S/C17H15Cl3N2O3S/c18-11-3-6-16(15(20)9-11)21-17(23)13-10-12(4-5-14(13)19)26(24,25)22-7-1-2-8-22/h3-6,9-10H,1-2,7-8H2,(H,21,23). The summed E-state index contributed by atoms with van der Waals surface area (Å²) >= 11 is 18.0. The van der Waals surface area contributed by atoms with E-state index in [0.29, 0.717) is 23.8 Å². The molecule has 138 valence electrons. The number of nitrogens with zero attached hydrogens (tertiary/aromatic N) is 1. The van der Waals surface area contributed by atoms with Crippen LogP contribution in [-0.4, -0.2) is 31.7 Å². The number of hydrogen-bond acceptors (Lipinski definition) is 3. The summed E-state index contributed by atoms with van der Waals surface area (Å²) < 4.78 is 26.8. The quantitative estimate of drug-likeness (QED) is 0.761. The van der Waals surface area contributed by atoms with E-state index >= 15 is 0 Å². The lowest BCUT2D eigenvalue weighted by molar-refractivity contribution is 0.102. The number of halogens is 3. The highest BCUT2D eigenvalue weighted by atomic mass is 35.5. The summed E-state index contributed by atoms with van der Waals surface area (Å²) in [5.74, 6) is -0.558. The van der Waals surface area contributed by atoms with Crippen LogP contribution in [0.2, 0.25) is 15.1 Å². The highest BCUT2D eigenvalue weighted by molar-refractivity contribution is 7.89. The Morgan fingerprint density at radius 1 is 0.962 bits per heavy atom. The van der Waals surface area contributed by atoms with Crippen LogP contribution < -0.4 is 5.32 Å². The maximum atomic E-state index is 12.7. The van der Waals surface area contributed by atoms with Crippen molar-refractivity contribution in [1.82, 2.24) is 4.31 Å². The third kappa shape index (κ3) is 4.00. The molecule has 0 atom stereocenters. The minimum Gasteiger partial charge on any atom is -0.321 e. The van der Waals surface area contributed by atoms with Crippen molar-refractivity contribution in [3.63, 3.8) is 0 Å². The summed E-state index contributed by atoms with van der Waals surface area (Å²) in [7, 11) is -3.65. The maximum Gasteiger partial charge on any atom is 0.257 e. The molecule has 3 rings (SSSR count). The molecule has 2 aromatic carbocycles. The van der Waals surface area contributed by atoms with Crippen LogP contribution in [0.4, 0.5) is 5.69 Å². The van der Waals surface area contributed by atoms with Gasteiger partial charge in [-0.2, -0.15) is 4.31 Å². The van der Waals surface area contributed by atoms with E-state index in [9.17, 15) is 13.2 Å². The van der Waals surface area contributed by atoms with Crippen LogP contribution in [0.25, 0.3) is 0 Å². The zero-order valence-electron chi connectivity index (χ0n) is 13.5. The Balaban J connectivity index is 1.91. The Bertz CT molecular complexity index is 958. The van der Waals surface area contributed by atoms with Crippen molar-refractivity contribution in [2.75, 3.05) is 18.4 Å². The predicted octanol–water partition coefficient (Wildman–Crippen LogP) is 4.68. The molecule has 1 N–H and O–H groups in total. The lowest BCUT2D eigenvalue weighted by Gasteiger charge is -2.16. The van der Waals surface area contributed by atoms with E-state index in [0.717, 1.165) is 12.8 Å². The van der Waals surface area contributed by atoms with Crippen molar-refractivity contribution in [3.8, 4) is 0 Å². The number of rotatable bonds is 4. The highest BCUT2D eigenvalue weighted by Gasteiger charge is 2.28. The molecule has 0 spiro atoms. The van der Waals surface area contributed by atoms with Crippen molar-refractivity contribution in [1.29, 1.82) is 0 Å². The van der Waals surface area contributed by atoms with Gasteiger partial charge in [0.05, 0.1) is 26.2 Å². The molecule has 1 heterocycles. The van der Waals surface area contributed by atoms with Gasteiger partial charge in [-0.3, -0.25) is 4.79 Å². The molecule has 1 saturated heterocycles. The van der Waals surface area contributed by atoms with Crippen LogP contribution >= 0.6 is 34.8 Å². The van der Waals surface area contributed by atoms with Crippen molar-refractivity contribution in [2.24, 2.45) is 0 Å². The number of amides is 1. The molecular weight excluding hydrogens is 419 g/mol. The summed E-state index contributed by atoms with van der Waals surface area (Å²) in [6.07, 6.45) is 1.66. The number of carbonyl (C=O) groups is 1. The molecule has 1 aliphatic heterocycles. The summed E-state index contributed by atoms with van der Waals surface area (Å²) in [4.78, 5) is 12.6. The normalized spacial score (nSPS) is 15.2. The fraction of sp³-hybridized carbons (Fsp3) is 0.235. The molecule has 0 bridgehead atoms. The molecule has 0 aliphatic carbocycles. The van der Waals surface area contributed by atoms with E-state index in [-0.39, 0.29) is 20.5 Å². The third-order valence-corrected chi connectivity index (χ3v) is 6.84. The molecule has 2 aromatic rings. The van der Waals surface area contributed by atoms with Crippen LogP contribution in [0.1, 0.15) is 23.2 Å². The van der Waals surface area contributed by atoms with E-state index in [1.54, 1.807) is 12.1 Å². The van der Waals surface area contributed by atoms with Gasteiger partial charge in [0.25, 0.3) is 5.91 Å². The van der Waals surface area contributed by atoms with Crippen LogP contribution in [0.5, 0.6) is 0 Å². The van der Waals surface area contributed by atoms with E-state index in [4.69, 9.17) is 34.8 Å². The van der Waals surface area contributed by atoms with Gasteiger partial charge in [-0.25, -0.2) is 8.42 Å². The first-order valence-corrected chi connectivity index (χ1v) is 10.4. The molecule has 5 nitrogen and oxygen atoms in total. The van der Waals surface area contributed by atoms with Gasteiger partial charge in [0.1, 0.15) is 0 Å². The SMILES string of the molecule is O=C(Nc1ccc(Cl)cc1Cl)c1cc(S(=O)(=O)N2CCCC2)ccc1Cl. The second-order valence-electron chi connectivity index (χ2n) is 5.83. The second-order valence-corrected chi connectivity index (χ2v) is 9.02. The Kier molecular flexibility index (Phi) is 5.79. The first-order valence-electron chi connectivity index (χ1n) is 7.85. The minimum absolute atomic E-state index is 0.0381. The molecule has 0 aromatic heterocycles. The Labute approximate surface area is 166 Å². The maximum absolute atomic E-state index is 12.7. The first-order chi connectivity index (χ1) is 12.3. The van der Waals surface area contributed by atoms with Gasteiger partial charge in [-0.1, -0.05) is 34.8 Å². The average Bonchev–Trinajstić information content (AvgIpc) is 3.13. The van der Waals surface area contributed by atoms with Crippen molar-refractivity contribution >= 4 is 56.4 Å². The first kappa shape index (κ1) is 19.5. The Hall–Kier alpha value is -1.31. The van der Waals surface area contributed by atoms with Gasteiger partial charge >= 0.3 is 0 Å². The zero-order valence-corrected chi connectivity index (χ0v) is 16.6. The zero-order chi connectivity index (χ0) is 18.9. The van der Waals surface area contributed by atoms with Crippen LogP contribution in [0, 0.1) is 0 Å². The van der Waals surface area contributed by atoms with Gasteiger partial charge in [0.15, 0.2) is 0 Å². The summed E-state index contributed by atoms with van der Waals surface area (Å²) in [6, 6.07) is 8.73. The lowest BCUT2D eigenvalue weighted by Crippen LogP contribution is -2.28. The molecule has 26 heavy (non-hydrogen) atoms. The molecule has 1 amide bonds. The summed E-state index contributed by atoms with van der Waals surface area (Å²) in [6.45, 7) is 0.958. The van der Waals surface area contributed by atoms with Gasteiger partial charge in [-0.15, -0.1) is 0 Å². The fourth-order valence-electron chi connectivity index (χ4n) is 2.70. The Morgan fingerprint density at radius 3 is 2.31 bits per heavy atom. The number of anilines is 1. The van der Waals surface area contributed by atoms with Gasteiger partial charge < -0.3 is 5.32 Å². The molecule has 0 radical (unpaired) electrons. The van der Waals surface area contributed by atoms with Gasteiger partial charge in [0, 0.05) is 18.1 Å². The number of carbonyl (C=O) groups excluding carboxylic acids is 1. The smallest absolute Gasteiger partial charge is 0.257 e. The molecule has 0 unspecified atom stereocenters. The third-order valence-electron chi connectivity index (χ3n) is 4.06. The molecule has 1 aliphatic rings. The summed E-state index contributed by atoms with van der Waals surface area (Å²) in [5.41, 5.74) is 0.405. The van der Waals surface area contributed by atoms with Crippen LogP contribution in [0.3, 0.4) is 0 Å². The topological polar surface area (TPSA) is 66.5 Å². The van der Waals surface area contributed by atoms with E-state index in [2.05, 4.69) is 5.32 Å². The second kappa shape index (κ2) is 7.74. The monoisotopic (exact) mass is 432 g/mol. The summed E-state index contributed by atoms with van der Waals surface area (Å²) in [5, 5.41) is 3.47. The molecule has 0 saturated carbocycles. The predicted molar refractivity (Wildman–Crippen MR) is 104 cm³/mol. The molecular formula is C17H15Cl3N2O3S. The Morgan fingerprint density at radius 2 is 1.65 bits per heavy atom. The number of nitrogens with one attached hydrogen (secondary N) is 1. The number of hydrogen-bond donors (Lipinski definition) is 1.